The fourth-order valence-electron chi connectivity index (χ4n) is 2.50. The van der Waals surface area contributed by atoms with Gasteiger partial charge in [0.05, 0.1) is 6.10 Å². The first-order valence-electron chi connectivity index (χ1n) is 6.84. The fourth-order valence-corrected chi connectivity index (χ4v) is 2.50. The zero-order chi connectivity index (χ0) is 14.9. The Morgan fingerprint density at radius 2 is 1.60 bits per heavy atom. The van der Waals surface area contributed by atoms with E-state index in [0.29, 0.717) is 0 Å². The Balaban J connectivity index is 2.42. The minimum atomic E-state index is -0.632. The van der Waals surface area contributed by atoms with Gasteiger partial charge in [-0.3, -0.25) is 0 Å². The maximum absolute atomic E-state index is 13.1. The van der Waals surface area contributed by atoms with E-state index < -0.39 is 11.5 Å². The maximum Gasteiger partial charge on any atom is 0.123 e. The molecule has 0 saturated heterocycles. The van der Waals surface area contributed by atoms with Crippen molar-refractivity contribution >= 4 is 0 Å². The topological polar surface area (TPSA) is 20.2 Å². The number of benzene rings is 2. The van der Waals surface area contributed by atoms with Crippen LogP contribution < -0.4 is 0 Å². The number of rotatable bonds is 3. The van der Waals surface area contributed by atoms with Crippen molar-refractivity contribution in [2.24, 2.45) is 0 Å². The Morgan fingerprint density at radius 3 is 2.20 bits per heavy atom. The molecular weight excluding hydrogens is 251 g/mol. The first-order chi connectivity index (χ1) is 9.34. The van der Waals surface area contributed by atoms with Crippen molar-refractivity contribution in [1.29, 1.82) is 0 Å². The lowest BCUT2D eigenvalue weighted by atomic mass is 9.75. The summed E-state index contributed by atoms with van der Waals surface area (Å²) in [5.74, 6) is -0.259. The smallest absolute Gasteiger partial charge is 0.123 e. The van der Waals surface area contributed by atoms with Crippen LogP contribution in [0, 0.1) is 19.7 Å². The van der Waals surface area contributed by atoms with Gasteiger partial charge in [0.2, 0.25) is 0 Å². The molecular formula is C18H21FO. The highest BCUT2D eigenvalue weighted by atomic mass is 19.1. The molecule has 0 heterocycles. The molecule has 20 heavy (non-hydrogen) atoms. The van der Waals surface area contributed by atoms with E-state index in [-0.39, 0.29) is 5.82 Å². The Kier molecular flexibility index (Phi) is 3.96. The Morgan fingerprint density at radius 1 is 1.00 bits per heavy atom. The summed E-state index contributed by atoms with van der Waals surface area (Å²) < 4.78 is 13.1. The summed E-state index contributed by atoms with van der Waals surface area (Å²) in [6.45, 7) is 8.02. The predicted molar refractivity (Wildman–Crippen MR) is 80.3 cm³/mol. The van der Waals surface area contributed by atoms with Crippen molar-refractivity contribution in [3.8, 4) is 0 Å². The van der Waals surface area contributed by atoms with Gasteiger partial charge in [0, 0.05) is 5.41 Å². The third kappa shape index (κ3) is 2.61. The molecule has 0 spiro atoms. The third-order valence-corrected chi connectivity index (χ3v) is 4.21. The molecule has 106 valence electrons. The summed E-state index contributed by atoms with van der Waals surface area (Å²) in [5.41, 5.74) is 3.64. The molecule has 1 atom stereocenters. The molecule has 0 aromatic heterocycles. The summed E-state index contributed by atoms with van der Waals surface area (Å²) >= 11 is 0. The second-order valence-electron chi connectivity index (χ2n) is 5.92. The van der Waals surface area contributed by atoms with Crippen LogP contribution in [0.2, 0.25) is 0 Å². The summed E-state index contributed by atoms with van der Waals surface area (Å²) in [5, 5.41) is 10.8. The van der Waals surface area contributed by atoms with Gasteiger partial charge >= 0.3 is 0 Å². The van der Waals surface area contributed by atoms with Crippen LogP contribution in [-0.2, 0) is 5.41 Å². The standard InChI is InChI=1S/C18H21FO/c1-12-6-5-7-16(13(12)2)17(20)18(3,4)14-8-10-15(19)11-9-14/h5-11,17,20H,1-4H3. The Labute approximate surface area is 120 Å². The van der Waals surface area contributed by atoms with Gasteiger partial charge in [-0.1, -0.05) is 44.2 Å². The molecule has 2 aromatic carbocycles. The van der Waals surface area contributed by atoms with Gasteiger partial charge in [-0.05, 0) is 48.2 Å². The number of hydrogen-bond donors (Lipinski definition) is 1. The second-order valence-corrected chi connectivity index (χ2v) is 5.92. The van der Waals surface area contributed by atoms with E-state index >= 15 is 0 Å². The lowest BCUT2D eigenvalue weighted by molar-refractivity contribution is 0.0995. The first kappa shape index (κ1) is 14.7. The third-order valence-electron chi connectivity index (χ3n) is 4.21. The molecule has 2 rings (SSSR count). The van der Waals surface area contributed by atoms with Gasteiger partial charge in [-0.25, -0.2) is 4.39 Å². The SMILES string of the molecule is Cc1cccc(C(O)C(C)(C)c2ccc(F)cc2)c1C. The minimum Gasteiger partial charge on any atom is -0.387 e. The van der Waals surface area contributed by atoms with Crippen LogP contribution in [0.15, 0.2) is 42.5 Å². The molecule has 2 aromatic rings. The Bertz CT molecular complexity index is 599. The zero-order valence-corrected chi connectivity index (χ0v) is 12.4. The second kappa shape index (κ2) is 5.37. The van der Waals surface area contributed by atoms with Crippen molar-refractivity contribution in [3.05, 3.63) is 70.5 Å². The molecule has 1 N–H and O–H groups in total. The lowest BCUT2D eigenvalue weighted by Crippen LogP contribution is -2.27. The van der Waals surface area contributed by atoms with Gasteiger partial charge in [-0.2, -0.15) is 0 Å². The lowest BCUT2D eigenvalue weighted by Gasteiger charge is -2.32. The average Bonchev–Trinajstić information content (AvgIpc) is 2.41. The van der Waals surface area contributed by atoms with Crippen LogP contribution in [-0.4, -0.2) is 5.11 Å². The van der Waals surface area contributed by atoms with Crippen LogP contribution in [0.4, 0.5) is 4.39 Å². The van der Waals surface area contributed by atoms with E-state index in [4.69, 9.17) is 0 Å². The summed E-state index contributed by atoms with van der Waals surface area (Å²) in [4.78, 5) is 0. The highest BCUT2D eigenvalue weighted by Crippen LogP contribution is 2.38. The minimum absolute atomic E-state index is 0.259. The van der Waals surface area contributed by atoms with Crippen LogP contribution in [0.3, 0.4) is 0 Å². The molecule has 0 aliphatic heterocycles. The highest BCUT2D eigenvalue weighted by molar-refractivity contribution is 5.38. The number of aliphatic hydroxyl groups excluding tert-OH is 1. The maximum atomic E-state index is 13.1. The quantitative estimate of drug-likeness (QED) is 0.875. The van der Waals surface area contributed by atoms with E-state index in [9.17, 15) is 9.50 Å². The van der Waals surface area contributed by atoms with Crippen molar-refractivity contribution in [1.82, 2.24) is 0 Å². The van der Waals surface area contributed by atoms with Gasteiger partial charge < -0.3 is 5.11 Å². The molecule has 0 amide bonds. The molecule has 1 nitrogen and oxygen atoms in total. The monoisotopic (exact) mass is 272 g/mol. The fraction of sp³-hybridized carbons (Fsp3) is 0.333. The van der Waals surface area contributed by atoms with Crippen LogP contribution in [0.1, 0.15) is 42.2 Å². The molecule has 0 radical (unpaired) electrons. The van der Waals surface area contributed by atoms with Crippen LogP contribution in [0.5, 0.6) is 0 Å². The average molecular weight is 272 g/mol. The van der Waals surface area contributed by atoms with E-state index in [1.54, 1.807) is 12.1 Å². The summed E-state index contributed by atoms with van der Waals surface area (Å²) in [7, 11) is 0. The largest absolute Gasteiger partial charge is 0.387 e. The van der Waals surface area contributed by atoms with E-state index in [0.717, 1.165) is 22.3 Å². The van der Waals surface area contributed by atoms with Crippen molar-refractivity contribution in [3.63, 3.8) is 0 Å². The van der Waals surface area contributed by atoms with Gasteiger partial charge in [-0.15, -0.1) is 0 Å². The molecule has 0 fully saturated rings. The molecule has 1 unspecified atom stereocenters. The summed E-state index contributed by atoms with van der Waals surface area (Å²) in [6, 6.07) is 12.3. The van der Waals surface area contributed by atoms with E-state index in [1.165, 1.54) is 12.1 Å². The molecule has 0 saturated carbocycles. The normalized spacial score (nSPS) is 13.3. The molecule has 0 aliphatic carbocycles. The highest BCUT2D eigenvalue weighted by Gasteiger charge is 2.32. The number of aryl methyl sites for hydroxylation is 1. The molecule has 0 aliphatic rings. The Hall–Kier alpha value is -1.67. The molecule has 0 bridgehead atoms. The zero-order valence-electron chi connectivity index (χ0n) is 12.4. The van der Waals surface area contributed by atoms with Gasteiger partial charge in [0.25, 0.3) is 0 Å². The van der Waals surface area contributed by atoms with Gasteiger partial charge in [0.1, 0.15) is 5.82 Å². The van der Waals surface area contributed by atoms with Gasteiger partial charge in [0.15, 0.2) is 0 Å². The number of aliphatic hydroxyl groups is 1. The van der Waals surface area contributed by atoms with Crippen molar-refractivity contribution in [2.45, 2.75) is 39.2 Å². The summed E-state index contributed by atoms with van der Waals surface area (Å²) in [6.07, 6.45) is -0.632. The molecule has 2 heteroatoms. The first-order valence-corrected chi connectivity index (χ1v) is 6.84. The van der Waals surface area contributed by atoms with Crippen molar-refractivity contribution in [2.75, 3.05) is 0 Å². The van der Waals surface area contributed by atoms with Crippen LogP contribution in [0.25, 0.3) is 0 Å². The van der Waals surface area contributed by atoms with Crippen LogP contribution >= 0.6 is 0 Å². The number of hydrogen-bond acceptors (Lipinski definition) is 1. The predicted octanol–water partition coefficient (Wildman–Crippen LogP) is 4.45. The van der Waals surface area contributed by atoms with Crippen molar-refractivity contribution < 1.29 is 9.50 Å². The van der Waals surface area contributed by atoms with E-state index in [2.05, 4.69) is 0 Å². The van der Waals surface area contributed by atoms with E-state index in [1.807, 2.05) is 45.9 Å². The number of halogens is 1.